The summed E-state index contributed by atoms with van der Waals surface area (Å²) < 4.78 is 4.91. The number of likely N-dealkylation sites (tertiary alicyclic amines) is 1. The van der Waals surface area contributed by atoms with Gasteiger partial charge in [0.1, 0.15) is 0 Å². The monoisotopic (exact) mass is 293 g/mol. The maximum Gasteiger partial charge on any atom is 0.295 e. The Balaban J connectivity index is 1.80. The minimum Gasteiger partial charge on any atom is -0.390 e. The van der Waals surface area contributed by atoms with Gasteiger partial charge in [-0.15, -0.1) is 0 Å². The summed E-state index contributed by atoms with van der Waals surface area (Å²) in [7, 11) is 0. The van der Waals surface area contributed by atoms with E-state index < -0.39 is 5.60 Å². The van der Waals surface area contributed by atoms with E-state index in [0.717, 1.165) is 38.5 Å². The van der Waals surface area contributed by atoms with Crippen LogP contribution in [0.2, 0.25) is 0 Å². The number of hydrogen-bond donors (Lipinski definition) is 1. The van der Waals surface area contributed by atoms with Crippen LogP contribution in [0.5, 0.6) is 0 Å². The fourth-order valence-electron chi connectivity index (χ4n) is 3.93. The Labute approximate surface area is 124 Å². The number of rotatable bonds is 2. The molecule has 1 aromatic rings. The van der Waals surface area contributed by atoms with Crippen molar-refractivity contribution in [1.29, 1.82) is 0 Å². The summed E-state index contributed by atoms with van der Waals surface area (Å²) in [5.41, 5.74) is -0.682. The van der Waals surface area contributed by atoms with Crippen molar-refractivity contribution in [3.05, 3.63) is 11.7 Å². The molecule has 21 heavy (non-hydrogen) atoms. The van der Waals surface area contributed by atoms with E-state index in [-0.39, 0.29) is 23.7 Å². The molecular weight excluding hydrogens is 270 g/mol. The Morgan fingerprint density at radius 3 is 2.86 bits per heavy atom. The molecule has 3 unspecified atom stereocenters. The molecule has 1 saturated heterocycles. The minimum atomic E-state index is -0.682. The Morgan fingerprint density at radius 1 is 1.38 bits per heavy atom. The smallest absolute Gasteiger partial charge is 0.295 e. The lowest BCUT2D eigenvalue weighted by atomic mass is 9.72. The van der Waals surface area contributed by atoms with Gasteiger partial charge in [-0.05, 0) is 32.6 Å². The van der Waals surface area contributed by atoms with E-state index in [2.05, 4.69) is 10.1 Å². The summed E-state index contributed by atoms with van der Waals surface area (Å²) in [5.74, 6) is 0.509. The van der Waals surface area contributed by atoms with Gasteiger partial charge in [0.25, 0.3) is 11.7 Å². The number of amides is 1. The first-order valence-corrected chi connectivity index (χ1v) is 7.83. The normalized spacial score (nSPS) is 33.4. The summed E-state index contributed by atoms with van der Waals surface area (Å²) in [6.07, 6.45) is 5.91. The third-order valence-electron chi connectivity index (χ3n) is 4.99. The van der Waals surface area contributed by atoms with Gasteiger partial charge in [-0.25, -0.2) is 0 Å². The molecule has 6 nitrogen and oxygen atoms in total. The maximum atomic E-state index is 12.6. The first-order valence-electron chi connectivity index (χ1n) is 7.83. The highest BCUT2D eigenvalue weighted by Gasteiger charge is 2.45. The Morgan fingerprint density at radius 2 is 2.19 bits per heavy atom. The number of hydrogen-bond acceptors (Lipinski definition) is 5. The highest BCUT2D eigenvalue weighted by molar-refractivity contribution is 5.90. The molecule has 1 saturated carbocycles. The lowest BCUT2D eigenvalue weighted by Gasteiger charge is -2.43. The lowest BCUT2D eigenvalue weighted by molar-refractivity contribution is -0.0579. The molecule has 0 bridgehead atoms. The van der Waals surface area contributed by atoms with Crippen LogP contribution in [0.4, 0.5) is 0 Å². The van der Waals surface area contributed by atoms with E-state index in [1.807, 2.05) is 11.8 Å². The van der Waals surface area contributed by atoms with Gasteiger partial charge in [0.05, 0.1) is 5.60 Å². The molecule has 0 radical (unpaired) electrons. The molecule has 1 amide bonds. The fourth-order valence-corrected chi connectivity index (χ4v) is 3.93. The van der Waals surface area contributed by atoms with E-state index in [1.165, 1.54) is 0 Å². The van der Waals surface area contributed by atoms with Gasteiger partial charge in [-0.2, -0.15) is 4.98 Å². The van der Waals surface area contributed by atoms with Crippen molar-refractivity contribution in [1.82, 2.24) is 15.0 Å². The van der Waals surface area contributed by atoms with E-state index in [9.17, 15) is 9.90 Å². The molecule has 1 aliphatic carbocycles. The number of aromatic nitrogens is 2. The molecule has 1 aliphatic heterocycles. The second-order valence-corrected chi connectivity index (χ2v) is 6.55. The highest BCUT2D eigenvalue weighted by atomic mass is 16.5. The zero-order valence-corrected chi connectivity index (χ0v) is 12.7. The first-order chi connectivity index (χ1) is 9.99. The summed E-state index contributed by atoms with van der Waals surface area (Å²) in [5, 5.41) is 14.4. The molecule has 2 fully saturated rings. The van der Waals surface area contributed by atoms with Crippen LogP contribution in [0.1, 0.15) is 62.0 Å². The maximum absolute atomic E-state index is 12.6. The Hall–Kier alpha value is -1.43. The first kappa shape index (κ1) is 14.5. The van der Waals surface area contributed by atoms with Crippen molar-refractivity contribution < 1.29 is 14.4 Å². The average Bonchev–Trinajstić information content (AvgIpc) is 3.06. The summed E-state index contributed by atoms with van der Waals surface area (Å²) in [4.78, 5) is 18.5. The molecule has 116 valence electrons. The molecule has 3 rings (SSSR count). The van der Waals surface area contributed by atoms with Crippen LogP contribution in [-0.2, 0) is 0 Å². The van der Waals surface area contributed by atoms with Crippen molar-refractivity contribution in [2.24, 2.45) is 5.92 Å². The van der Waals surface area contributed by atoms with Crippen molar-refractivity contribution in [2.75, 3.05) is 6.54 Å². The molecule has 2 aliphatic rings. The standard InChI is InChI=1S/C15H23N3O3/c1-10-16-13(17-21-10)14(19)18-9-5-7-12(18)11-6-3-4-8-15(11,2)20/h11-12,20H,3-9H2,1-2H3. The van der Waals surface area contributed by atoms with Crippen LogP contribution in [0.3, 0.4) is 0 Å². The molecule has 1 N–H and O–H groups in total. The summed E-state index contributed by atoms with van der Waals surface area (Å²) >= 11 is 0. The van der Waals surface area contributed by atoms with Gasteiger partial charge in [0.2, 0.25) is 5.89 Å². The van der Waals surface area contributed by atoms with Crippen molar-refractivity contribution >= 4 is 5.91 Å². The quantitative estimate of drug-likeness (QED) is 0.901. The third-order valence-corrected chi connectivity index (χ3v) is 4.99. The topological polar surface area (TPSA) is 79.5 Å². The van der Waals surface area contributed by atoms with E-state index in [1.54, 1.807) is 6.92 Å². The predicted molar refractivity (Wildman–Crippen MR) is 75.7 cm³/mol. The largest absolute Gasteiger partial charge is 0.390 e. The highest BCUT2D eigenvalue weighted by Crippen LogP contribution is 2.40. The second-order valence-electron chi connectivity index (χ2n) is 6.55. The average molecular weight is 293 g/mol. The lowest BCUT2D eigenvalue weighted by Crippen LogP contribution is -2.50. The fraction of sp³-hybridized carbons (Fsp3) is 0.800. The van der Waals surface area contributed by atoms with Gasteiger partial charge >= 0.3 is 0 Å². The Bertz CT molecular complexity index is 526. The van der Waals surface area contributed by atoms with Crippen LogP contribution in [0.25, 0.3) is 0 Å². The molecule has 0 aromatic carbocycles. The van der Waals surface area contributed by atoms with Gasteiger partial charge in [-0.1, -0.05) is 18.0 Å². The number of carbonyl (C=O) groups excluding carboxylic acids is 1. The zero-order chi connectivity index (χ0) is 15.0. The number of aliphatic hydroxyl groups is 1. The SMILES string of the molecule is Cc1nc(C(=O)N2CCCC2C2CCCCC2(C)O)no1. The van der Waals surface area contributed by atoms with Crippen molar-refractivity contribution in [3.63, 3.8) is 0 Å². The Kier molecular flexibility index (Phi) is 3.73. The number of nitrogens with zero attached hydrogens (tertiary/aromatic N) is 3. The molecule has 6 heteroatoms. The molecule has 3 atom stereocenters. The van der Waals surface area contributed by atoms with E-state index >= 15 is 0 Å². The molecule has 2 heterocycles. The molecule has 1 aromatic heterocycles. The van der Waals surface area contributed by atoms with Crippen LogP contribution < -0.4 is 0 Å². The van der Waals surface area contributed by atoms with Crippen LogP contribution in [0.15, 0.2) is 4.52 Å². The molecule has 0 spiro atoms. The van der Waals surface area contributed by atoms with Gasteiger partial charge in [0.15, 0.2) is 0 Å². The van der Waals surface area contributed by atoms with Gasteiger partial charge < -0.3 is 14.5 Å². The van der Waals surface area contributed by atoms with Crippen LogP contribution in [-0.4, -0.2) is 44.2 Å². The number of carbonyl (C=O) groups is 1. The summed E-state index contributed by atoms with van der Waals surface area (Å²) in [6.45, 7) is 4.30. The zero-order valence-electron chi connectivity index (χ0n) is 12.7. The summed E-state index contributed by atoms with van der Waals surface area (Å²) in [6, 6.07) is 0.0895. The number of aryl methyl sites for hydroxylation is 1. The van der Waals surface area contributed by atoms with E-state index in [4.69, 9.17) is 4.52 Å². The van der Waals surface area contributed by atoms with Crippen LogP contribution in [0, 0.1) is 12.8 Å². The third kappa shape index (κ3) is 2.69. The van der Waals surface area contributed by atoms with E-state index in [0.29, 0.717) is 12.4 Å². The van der Waals surface area contributed by atoms with Crippen LogP contribution >= 0.6 is 0 Å². The van der Waals surface area contributed by atoms with Crippen molar-refractivity contribution in [3.8, 4) is 0 Å². The van der Waals surface area contributed by atoms with Gasteiger partial charge in [-0.3, -0.25) is 4.79 Å². The molecular formula is C15H23N3O3. The van der Waals surface area contributed by atoms with Crippen molar-refractivity contribution in [2.45, 2.75) is 64.0 Å². The minimum absolute atomic E-state index is 0.0895. The predicted octanol–water partition coefficient (Wildman–Crippen LogP) is 1.92. The second kappa shape index (κ2) is 5.40. The van der Waals surface area contributed by atoms with Gasteiger partial charge in [0, 0.05) is 25.4 Å².